The molecule has 2 rings (SSSR count). The molecule has 0 fully saturated rings. The average molecular weight is 338 g/mol. The van der Waals surface area contributed by atoms with Crippen molar-refractivity contribution in [1.29, 1.82) is 0 Å². The zero-order chi connectivity index (χ0) is 15.8. The molecule has 2 aromatic rings. The summed E-state index contributed by atoms with van der Waals surface area (Å²) in [6, 6.07) is 8.14. The Balaban J connectivity index is 1.97. The highest BCUT2D eigenvalue weighted by Crippen LogP contribution is 2.19. The van der Waals surface area contributed by atoms with Gasteiger partial charge in [-0.3, -0.25) is 4.90 Å². The molecule has 0 aliphatic carbocycles. The maximum Gasteiger partial charge on any atom is 0.410 e. The molecule has 2 heterocycles. The third-order valence-electron chi connectivity index (χ3n) is 3.38. The SMILES string of the molecule is CCCC[C@H](C)OC(=O)N(Cc1cccs1)Cc1cccs1. The molecule has 0 unspecified atom stereocenters. The number of nitrogens with zero attached hydrogens (tertiary/aromatic N) is 1. The summed E-state index contributed by atoms with van der Waals surface area (Å²) in [6.45, 7) is 5.33. The normalized spacial score (nSPS) is 12.1. The molecule has 5 heteroatoms. The van der Waals surface area contributed by atoms with Crippen molar-refractivity contribution in [1.82, 2.24) is 4.90 Å². The minimum absolute atomic E-state index is 0.0263. The Morgan fingerprint density at radius 2 is 1.77 bits per heavy atom. The second kappa shape index (κ2) is 8.96. The summed E-state index contributed by atoms with van der Waals surface area (Å²) in [5.41, 5.74) is 0. The van der Waals surface area contributed by atoms with Crippen molar-refractivity contribution in [2.45, 2.75) is 52.3 Å². The van der Waals surface area contributed by atoms with Crippen LogP contribution in [-0.4, -0.2) is 17.1 Å². The van der Waals surface area contributed by atoms with Gasteiger partial charge in [-0.25, -0.2) is 4.79 Å². The summed E-state index contributed by atoms with van der Waals surface area (Å²) < 4.78 is 5.61. The van der Waals surface area contributed by atoms with E-state index in [4.69, 9.17) is 4.74 Å². The van der Waals surface area contributed by atoms with E-state index >= 15 is 0 Å². The van der Waals surface area contributed by atoms with E-state index in [-0.39, 0.29) is 12.2 Å². The van der Waals surface area contributed by atoms with Crippen molar-refractivity contribution < 1.29 is 9.53 Å². The van der Waals surface area contributed by atoms with Crippen LogP contribution in [0, 0.1) is 0 Å². The van der Waals surface area contributed by atoms with Crippen molar-refractivity contribution in [3.63, 3.8) is 0 Å². The lowest BCUT2D eigenvalue weighted by atomic mass is 10.2. The number of amides is 1. The number of carbonyl (C=O) groups is 1. The second-order valence-corrected chi connectivity index (χ2v) is 7.42. The molecular weight excluding hydrogens is 314 g/mol. The molecule has 22 heavy (non-hydrogen) atoms. The van der Waals surface area contributed by atoms with E-state index in [1.54, 1.807) is 27.6 Å². The number of carbonyl (C=O) groups excluding carboxylic acids is 1. The molecule has 1 atom stereocenters. The third kappa shape index (κ3) is 5.46. The fraction of sp³-hybridized carbons (Fsp3) is 0.471. The van der Waals surface area contributed by atoms with Crippen LogP contribution >= 0.6 is 22.7 Å². The quantitative estimate of drug-likeness (QED) is 0.634. The Hall–Kier alpha value is -1.33. The van der Waals surface area contributed by atoms with E-state index in [2.05, 4.69) is 19.1 Å². The van der Waals surface area contributed by atoms with E-state index in [9.17, 15) is 4.79 Å². The van der Waals surface area contributed by atoms with Gasteiger partial charge in [0.25, 0.3) is 0 Å². The predicted molar refractivity (Wildman–Crippen MR) is 93.4 cm³/mol. The monoisotopic (exact) mass is 337 g/mol. The van der Waals surface area contributed by atoms with E-state index in [1.807, 2.05) is 29.8 Å². The summed E-state index contributed by atoms with van der Waals surface area (Å²) in [4.78, 5) is 16.6. The van der Waals surface area contributed by atoms with Gasteiger partial charge in [-0.2, -0.15) is 0 Å². The third-order valence-corrected chi connectivity index (χ3v) is 5.10. The summed E-state index contributed by atoms with van der Waals surface area (Å²) in [5.74, 6) is 0. The van der Waals surface area contributed by atoms with Crippen LogP contribution in [0.5, 0.6) is 0 Å². The van der Waals surface area contributed by atoms with Crippen LogP contribution in [-0.2, 0) is 17.8 Å². The molecule has 0 spiro atoms. The van der Waals surface area contributed by atoms with Gasteiger partial charge in [0.1, 0.15) is 6.10 Å². The van der Waals surface area contributed by atoms with Gasteiger partial charge in [0.2, 0.25) is 0 Å². The molecular formula is C17H23NO2S2. The first-order valence-electron chi connectivity index (χ1n) is 7.69. The van der Waals surface area contributed by atoms with Crippen LogP contribution < -0.4 is 0 Å². The summed E-state index contributed by atoms with van der Waals surface area (Å²) >= 11 is 3.34. The zero-order valence-corrected chi connectivity index (χ0v) is 14.8. The summed E-state index contributed by atoms with van der Waals surface area (Å²) in [7, 11) is 0. The minimum atomic E-state index is -0.217. The van der Waals surface area contributed by atoms with Gasteiger partial charge >= 0.3 is 6.09 Å². The van der Waals surface area contributed by atoms with Gasteiger partial charge in [0.05, 0.1) is 13.1 Å². The number of rotatable bonds is 8. The first-order valence-corrected chi connectivity index (χ1v) is 9.45. The lowest BCUT2D eigenvalue weighted by Gasteiger charge is -2.23. The minimum Gasteiger partial charge on any atom is -0.446 e. The molecule has 0 saturated heterocycles. The Bertz CT molecular complexity index is 501. The Morgan fingerprint density at radius 3 is 2.23 bits per heavy atom. The summed E-state index contributed by atoms with van der Waals surface area (Å²) in [6.07, 6.45) is 2.89. The highest BCUT2D eigenvalue weighted by atomic mass is 32.1. The fourth-order valence-corrected chi connectivity index (χ4v) is 3.60. The van der Waals surface area contributed by atoms with Crippen LogP contribution in [0.4, 0.5) is 4.79 Å². The molecule has 2 aromatic heterocycles. The molecule has 0 N–H and O–H groups in total. The maximum atomic E-state index is 12.5. The Morgan fingerprint density at radius 1 is 1.18 bits per heavy atom. The smallest absolute Gasteiger partial charge is 0.410 e. The van der Waals surface area contributed by atoms with Gasteiger partial charge in [0, 0.05) is 9.75 Å². The van der Waals surface area contributed by atoms with Crippen LogP contribution in [0.15, 0.2) is 35.0 Å². The molecule has 0 aromatic carbocycles. The van der Waals surface area contributed by atoms with Crippen LogP contribution in [0.2, 0.25) is 0 Å². The van der Waals surface area contributed by atoms with Crippen molar-refractivity contribution in [3.05, 3.63) is 44.8 Å². The number of hydrogen-bond acceptors (Lipinski definition) is 4. The van der Waals surface area contributed by atoms with Crippen LogP contribution in [0.1, 0.15) is 42.9 Å². The van der Waals surface area contributed by atoms with Gasteiger partial charge < -0.3 is 4.74 Å². The van der Waals surface area contributed by atoms with Gasteiger partial charge in [0.15, 0.2) is 0 Å². The second-order valence-electron chi connectivity index (χ2n) is 5.35. The fourth-order valence-electron chi connectivity index (χ4n) is 2.16. The summed E-state index contributed by atoms with van der Waals surface area (Å²) in [5, 5.41) is 4.07. The molecule has 0 aliphatic rings. The largest absolute Gasteiger partial charge is 0.446 e. The van der Waals surface area contributed by atoms with Crippen LogP contribution in [0.25, 0.3) is 0 Å². The van der Waals surface area contributed by atoms with Crippen molar-refractivity contribution in [2.75, 3.05) is 0 Å². The lowest BCUT2D eigenvalue weighted by molar-refractivity contribution is 0.0618. The van der Waals surface area contributed by atoms with Crippen LogP contribution in [0.3, 0.4) is 0 Å². The average Bonchev–Trinajstić information content (AvgIpc) is 3.18. The van der Waals surface area contributed by atoms with E-state index < -0.39 is 0 Å². The standard InChI is InChI=1S/C17H23NO2S2/c1-3-4-7-14(2)20-17(19)18(12-15-8-5-10-21-15)13-16-9-6-11-22-16/h5-6,8-11,14H,3-4,7,12-13H2,1-2H3/t14-/m0/s1. The van der Waals surface area contributed by atoms with Crippen molar-refractivity contribution in [2.24, 2.45) is 0 Å². The molecule has 0 aliphatic heterocycles. The number of unbranched alkanes of at least 4 members (excludes halogenated alkanes) is 1. The molecule has 120 valence electrons. The topological polar surface area (TPSA) is 29.5 Å². The van der Waals surface area contributed by atoms with Gasteiger partial charge in [-0.1, -0.05) is 31.9 Å². The maximum absolute atomic E-state index is 12.5. The van der Waals surface area contributed by atoms with E-state index in [0.717, 1.165) is 19.3 Å². The highest BCUT2D eigenvalue weighted by Gasteiger charge is 2.19. The van der Waals surface area contributed by atoms with Gasteiger partial charge in [-0.15, -0.1) is 22.7 Å². The van der Waals surface area contributed by atoms with Gasteiger partial charge in [-0.05, 0) is 36.2 Å². The Labute approximate surface area is 140 Å². The number of thiophene rings is 2. The van der Waals surface area contributed by atoms with Crippen molar-refractivity contribution >= 4 is 28.8 Å². The lowest BCUT2D eigenvalue weighted by Crippen LogP contribution is -2.32. The first-order chi connectivity index (χ1) is 10.7. The molecule has 0 bridgehead atoms. The van der Waals surface area contributed by atoms with E-state index in [1.165, 1.54) is 9.75 Å². The highest BCUT2D eigenvalue weighted by molar-refractivity contribution is 7.10. The number of hydrogen-bond donors (Lipinski definition) is 0. The molecule has 3 nitrogen and oxygen atoms in total. The predicted octanol–water partition coefficient (Wildman–Crippen LogP) is 5.53. The van der Waals surface area contributed by atoms with E-state index in [0.29, 0.717) is 13.1 Å². The molecule has 1 amide bonds. The zero-order valence-electron chi connectivity index (χ0n) is 13.2. The van der Waals surface area contributed by atoms with Crippen molar-refractivity contribution in [3.8, 4) is 0 Å². The molecule has 0 radical (unpaired) electrons. The first kappa shape index (κ1) is 17.0. The Kier molecular flexibility index (Phi) is 6.93. The molecule has 0 saturated carbocycles. The number of ether oxygens (including phenoxy) is 1.